The van der Waals surface area contributed by atoms with E-state index in [1.807, 2.05) is 30.3 Å². The lowest BCUT2D eigenvalue weighted by atomic mass is 10.1. The number of ether oxygens (including phenoxy) is 1. The summed E-state index contributed by atoms with van der Waals surface area (Å²) in [6.07, 6.45) is 1.81. The van der Waals surface area contributed by atoms with Crippen LogP contribution in [0.2, 0.25) is 5.02 Å². The van der Waals surface area contributed by atoms with Crippen molar-refractivity contribution < 1.29 is 22.3 Å². The zero-order valence-corrected chi connectivity index (χ0v) is 16.9. The van der Waals surface area contributed by atoms with E-state index in [2.05, 4.69) is 0 Å². The van der Waals surface area contributed by atoms with Gasteiger partial charge in [-0.1, -0.05) is 29.8 Å². The van der Waals surface area contributed by atoms with Crippen molar-refractivity contribution in [2.75, 3.05) is 32.8 Å². The third-order valence-corrected chi connectivity index (χ3v) is 7.15. The van der Waals surface area contributed by atoms with Gasteiger partial charge in [-0.2, -0.15) is 4.31 Å². The molecular weight excluding hydrogens is 419 g/mol. The first-order chi connectivity index (χ1) is 13.9. The van der Waals surface area contributed by atoms with E-state index in [1.54, 1.807) is 4.90 Å². The Morgan fingerprint density at radius 3 is 2.52 bits per heavy atom. The molecule has 1 saturated heterocycles. The van der Waals surface area contributed by atoms with Crippen molar-refractivity contribution in [3.8, 4) is 5.75 Å². The maximum atomic E-state index is 13.3. The van der Waals surface area contributed by atoms with Crippen LogP contribution in [0, 0.1) is 5.82 Å². The van der Waals surface area contributed by atoms with Gasteiger partial charge in [0.05, 0.1) is 15.5 Å². The minimum Gasteiger partial charge on any atom is -0.488 e. The second-order valence-electron chi connectivity index (χ2n) is 6.77. The smallest absolute Gasteiger partial charge is 0.253 e. The van der Waals surface area contributed by atoms with Crippen LogP contribution in [0.25, 0.3) is 6.08 Å². The van der Waals surface area contributed by atoms with Crippen molar-refractivity contribution in [2.24, 2.45) is 0 Å². The van der Waals surface area contributed by atoms with Crippen molar-refractivity contribution in [2.45, 2.75) is 4.90 Å². The van der Waals surface area contributed by atoms with Crippen LogP contribution in [0.4, 0.5) is 4.39 Å². The predicted octanol–water partition coefficient (Wildman–Crippen LogP) is 2.79. The maximum absolute atomic E-state index is 13.3. The number of nitrogens with zero attached hydrogens (tertiary/aromatic N) is 2. The largest absolute Gasteiger partial charge is 0.488 e. The molecule has 0 spiro atoms. The molecule has 0 bridgehead atoms. The van der Waals surface area contributed by atoms with Crippen LogP contribution in [-0.2, 0) is 14.8 Å². The Morgan fingerprint density at radius 2 is 1.79 bits per heavy atom. The number of hydrogen-bond acceptors (Lipinski definition) is 4. The number of rotatable bonds is 3. The summed E-state index contributed by atoms with van der Waals surface area (Å²) in [4.78, 5) is 14.4. The molecule has 4 rings (SSSR count). The molecule has 2 aromatic rings. The second-order valence-corrected chi connectivity index (χ2v) is 9.11. The number of piperazine rings is 1. The summed E-state index contributed by atoms with van der Waals surface area (Å²) in [5.41, 5.74) is 1.38. The van der Waals surface area contributed by atoms with Gasteiger partial charge in [-0.15, -0.1) is 0 Å². The second kappa shape index (κ2) is 7.78. The Kier molecular flexibility index (Phi) is 5.33. The Labute approximate surface area is 173 Å². The summed E-state index contributed by atoms with van der Waals surface area (Å²) < 4.78 is 45.8. The zero-order chi connectivity index (χ0) is 20.6. The van der Waals surface area contributed by atoms with Crippen LogP contribution in [-0.4, -0.2) is 56.3 Å². The van der Waals surface area contributed by atoms with Crippen LogP contribution >= 0.6 is 11.6 Å². The van der Waals surface area contributed by atoms with Crippen LogP contribution in [0.3, 0.4) is 0 Å². The normalized spacial score (nSPS) is 17.3. The Hall–Kier alpha value is -2.42. The van der Waals surface area contributed by atoms with Gasteiger partial charge in [0.25, 0.3) is 5.91 Å². The van der Waals surface area contributed by atoms with Crippen LogP contribution in [0.15, 0.2) is 52.9 Å². The van der Waals surface area contributed by atoms with Crippen molar-refractivity contribution in [3.63, 3.8) is 0 Å². The van der Waals surface area contributed by atoms with E-state index in [-0.39, 0.29) is 48.6 Å². The van der Waals surface area contributed by atoms with Crippen molar-refractivity contribution in [3.05, 3.63) is 64.4 Å². The fourth-order valence-corrected chi connectivity index (χ4v) is 5.05. The highest BCUT2D eigenvalue weighted by Crippen LogP contribution is 2.27. The molecule has 0 aromatic heterocycles. The Balaban J connectivity index is 1.45. The highest BCUT2D eigenvalue weighted by Gasteiger charge is 2.32. The van der Waals surface area contributed by atoms with E-state index < -0.39 is 15.8 Å². The van der Waals surface area contributed by atoms with E-state index in [4.69, 9.17) is 16.3 Å². The summed E-state index contributed by atoms with van der Waals surface area (Å²) >= 11 is 5.72. The molecule has 1 amide bonds. The molecular formula is C20H18ClFN2O4S. The van der Waals surface area contributed by atoms with Gasteiger partial charge < -0.3 is 9.64 Å². The molecule has 29 heavy (non-hydrogen) atoms. The van der Waals surface area contributed by atoms with Crippen LogP contribution < -0.4 is 4.74 Å². The quantitative estimate of drug-likeness (QED) is 0.742. The molecule has 9 heteroatoms. The fourth-order valence-electron chi connectivity index (χ4n) is 3.36. The number of sulfonamides is 1. The molecule has 152 valence electrons. The summed E-state index contributed by atoms with van der Waals surface area (Å²) in [7, 11) is -3.81. The van der Waals surface area contributed by atoms with Gasteiger partial charge in [-0.3, -0.25) is 4.79 Å². The van der Waals surface area contributed by atoms with E-state index in [0.717, 1.165) is 23.4 Å². The molecule has 2 aromatic carbocycles. The summed E-state index contributed by atoms with van der Waals surface area (Å²) in [6.45, 7) is 0.988. The van der Waals surface area contributed by atoms with Gasteiger partial charge in [-0.05, 0) is 30.3 Å². The van der Waals surface area contributed by atoms with Crippen LogP contribution in [0.1, 0.15) is 5.56 Å². The molecule has 0 N–H and O–H groups in total. The van der Waals surface area contributed by atoms with Crippen molar-refractivity contribution in [1.82, 2.24) is 9.21 Å². The summed E-state index contributed by atoms with van der Waals surface area (Å²) in [5, 5.41) is -0.246. The molecule has 0 unspecified atom stereocenters. The van der Waals surface area contributed by atoms with Crippen LogP contribution in [0.5, 0.6) is 5.75 Å². The third-order valence-electron chi connectivity index (χ3n) is 4.96. The van der Waals surface area contributed by atoms with Gasteiger partial charge in [0.15, 0.2) is 0 Å². The van der Waals surface area contributed by atoms with Crippen molar-refractivity contribution in [1.29, 1.82) is 0 Å². The average molecular weight is 437 g/mol. The molecule has 0 radical (unpaired) electrons. The molecule has 1 fully saturated rings. The monoisotopic (exact) mass is 436 g/mol. The average Bonchev–Trinajstić information content (AvgIpc) is 2.74. The first-order valence-electron chi connectivity index (χ1n) is 9.03. The molecule has 6 nitrogen and oxygen atoms in total. The summed E-state index contributed by atoms with van der Waals surface area (Å²) in [5.74, 6) is -0.107. The number of halogens is 2. The highest BCUT2D eigenvalue weighted by atomic mass is 35.5. The first kappa shape index (κ1) is 19.9. The lowest BCUT2D eigenvalue weighted by Crippen LogP contribution is -2.51. The Bertz CT molecular complexity index is 1100. The number of hydrogen-bond donors (Lipinski definition) is 0. The van der Waals surface area contributed by atoms with Gasteiger partial charge in [0.2, 0.25) is 10.0 Å². The summed E-state index contributed by atoms with van der Waals surface area (Å²) in [6, 6.07) is 10.8. The van der Waals surface area contributed by atoms with Gasteiger partial charge in [-0.25, -0.2) is 12.8 Å². The van der Waals surface area contributed by atoms with E-state index in [1.165, 1.54) is 10.4 Å². The molecule has 2 aliphatic heterocycles. The Morgan fingerprint density at radius 1 is 1.07 bits per heavy atom. The number of amides is 1. The fraction of sp³-hybridized carbons (Fsp3) is 0.250. The third kappa shape index (κ3) is 3.88. The number of fused-ring (bicyclic) bond motifs is 1. The lowest BCUT2D eigenvalue weighted by molar-refractivity contribution is -0.128. The minimum absolute atomic E-state index is 0.0660. The maximum Gasteiger partial charge on any atom is 0.253 e. The van der Waals surface area contributed by atoms with Crippen molar-refractivity contribution >= 4 is 33.6 Å². The van der Waals surface area contributed by atoms with E-state index >= 15 is 0 Å². The lowest BCUT2D eigenvalue weighted by Gasteiger charge is -2.34. The molecule has 0 atom stereocenters. The molecule has 2 heterocycles. The van der Waals surface area contributed by atoms with Gasteiger partial charge in [0.1, 0.15) is 18.2 Å². The number of carbonyl (C=O) groups excluding carboxylic acids is 1. The zero-order valence-electron chi connectivity index (χ0n) is 15.3. The molecule has 0 aliphatic carbocycles. The topological polar surface area (TPSA) is 66.9 Å². The highest BCUT2D eigenvalue weighted by molar-refractivity contribution is 7.89. The van der Waals surface area contributed by atoms with E-state index in [0.29, 0.717) is 5.57 Å². The van der Waals surface area contributed by atoms with Gasteiger partial charge in [0, 0.05) is 31.7 Å². The van der Waals surface area contributed by atoms with E-state index in [9.17, 15) is 17.6 Å². The number of carbonyl (C=O) groups is 1. The SMILES string of the molecule is O=C(C1=Cc2ccccc2OC1)N1CCN(S(=O)(=O)c2ccc(F)c(Cl)c2)CC1. The number of para-hydroxylation sites is 1. The molecule has 0 saturated carbocycles. The van der Waals surface area contributed by atoms with Gasteiger partial charge >= 0.3 is 0 Å². The standard InChI is InChI=1S/C20H18ClFN2O4S/c21-17-12-16(5-6-18(17)22)29(26,27)24-9-7-23(8-10-24)20(25)15-11-14-3-1-2-4-19(14)28-13-15/h1-6,11-12H,7-10,13H2. The number of benzene rings is 2. The molecule has 2 aliphatic rings. The minimum atomic E-state index is -3.81. The predicted molar refractivity (Wildman–Crippen MR) is 107 cm³/mol. The first-order valence-corrected chi connectivity index (χ1v) is 10.8.